The zero-order valence-electron chi connectivity index (χ0n) is 13.2. The van der Waals surface area contributed by atoms with Gasteiger partial charge in [0.1, 0.15) is 0 Å². The van der Waals surface area contributed by atoms with E-state index in [1.165, 1.54) is 0 Å². The number of ether oxygens (including phenoxy) is 1. The number of amides is 1. The van der Waals surface area contributed by atoms with Crippen LogP contribution in [0.3, 0.4) is 0 Å². The summed E-state index contributed by atoms with van der Waals surface area (Å²) in [5.74, 6) is -6.73. The average molecular weight is 354 g/mol. The van der Waals surface area contributed by atoms with E-state index in [-0.39, 0.29) is 19.6 Å². The van der Waals surface area contributed by atoms with Crippen LogP contribution in [0.1, 0.15) is 29.7 Å². The van der Waals surface area contributed by atoms with E-state index in [0.29, 0.717) is 0 Å². The highest BCUT2D eigenvalue weighted by molar-refractivity contribution is 5.69. The molecule has 1 aliphatic rings. The Kier molecular flexibility index (Phi) is 4.61. The molecule has 3 rings (SSSR count). The van der Waals surface area contributed by atoms with E-state index in [1.54, 1.807) is 31.2 Å². The predicted molar refractivity (Wildman–Crippen MR) is 79.5 cm³/mol. The fraction of sp³-hybridized carbons (Fsp3) is 0.294. The van der Waals surface area contributed by atoms with Gasteiger partial charge in [-0.3, -0.25) is 4.90 Å². The average Bonchev–Trinajstić information content (AvgIpc) is 2.60. The molecule has 1 aromatic heterocycles. The van der Waals surface area contributed by atoms with Crippen molar-refractivity contribution in [3.63, 3.8) is 0 Å². The van der Waals surface area contributed by atoms with Crippen LogP contribution < -0.4 is 0 Å². The van der Waals surface area contributed by atoms with E-state index in [0.717, 1.165) is 16.0 Å². The maximum Gasteiger partial charge on any atom is 0.410 e. The van der Waals surface area contributed by atoms with Crippen molar-refractivity contribution in [2.24, 2.45) is 0 Å². The topological polar surface area (TPSA) is 42.4 Å². The molecule has 132 valence electrons. The Bertz CT molecular complexity index is 802. The second-order valence-electron chi connectivity index (χ2n) is 5.55. The molecule has 0 saturated carbocycles. The summed E-state index contributed by atoms with van der Waals surface area (Å²) in [4.78, 5) is 15.9. The Labute approximate surface area is 141 Å². The van der Waals surface area contributed by atoms with Crippen molar-refractivity contribution in [1.82, 2.24) is 9.88 Å². The van der Waals surface area contributed by atoms with E-state index < -0.39 is 41.2 Å². The largest absolute Gasteiger partial charge is 0.450 e. The van der Waals surface area contributed by atoms with Crippen molar-refractivity contribution in [2.45, 2.75) is 25.9 Å². The maximum absolute atomic E-state index is 14.2. The minimum Gasteiger partial charge on any atom is -0.450 e. The quantitative estimate of drug-likeness (QED) is 0.607. The van der Waals surface area contributed by atoms with Crippen molar-refractivity contribution in [2.75, 3.05) is 6.61 Å². The summed E-state index contributed by atoms with van der Waals surface area (Å²) < 4.78 is 60.4. The molecule has 0 saturated heterocycles. The molecule has 0 N–H and O–H groups in total. The second-order valence-corrected chi connectivity index (χ2v) is 5.55. The van der Waals surface area contributed by atoms with Crippen molar-refractivity contribution < 1.29 is 27.1 Å². The lowest BCUT2D eigenvalue weighted by molar-refractivity contribution is 0.0799. The van der Waals surface area contributed by atoms with Gasteiger partial charge in [0.15, 0.2) is 11.6 Å². The van der Waals surface area contributed by atoms with Crippen LogP contribution in [-0.2, 0) is 17.7 Å². The van der Waals surface area contributed by atoms with Gasteiger partial charge in [0.25, 0.3) is 11.9 Å². The molecule has 25 heavy (non-hydrogen) atoms. The van der Waals surface area contributed by atoms with Gasteiger partial charge in [-0.05, 0) is 24.5 Å². The molecule has 2 aromatic rings. The number of benzene rings is 1. The number of carbonyl (C=O) groups is 1. The van der Waals surface area contributed by atoms with Gasteiger partial charge >= 0.3 is 6.09 Å². The van der Waals surface area contributed by atoms with E-state index in [4.69, 9.17) is 4.74 Å². The lowest BCUT2D eigenvalue weighted by Crippen LogP contribution is -2.40. The molecule has 1 amide bonds. The van der Waals surface area contributed by atoms with Gasteiger partial charge in [0.2, 0.25) is 0 Å². The van der Waals surface area contributed by atoms with Crippen LogP contribution in [0.15, 0.2) is 24.3 Å². The van der Waals surface area contributed by atoms with Crippen molar-refractivity contribution >= 4 is 6.09 Å². The summed E-state index contributed by atoms with van der Waals surface area (Å²) in [5.41, 5.74) is 0.625. The Balaban J connectivity index is 2.13. The van der Waals surface area contributed by atoms with Crippen molar-refractivity contribution in [1.29, 1.82) is 0 Å². The third-order valence-electron chi connectivity index (χ3n) is 4.12. The number of nitrogens with zero attached hydrogens (tertiary/aromatic N) is 2. The minimum absolute atomic E-state index is 0.00408. The number of hydrogen-bond acceptors (Lipinski definition) is 3. The maximum atomic E-state index is 14.2. The van der Waals surface area contributed by atoms with Gasteiger partial charge in [0.05, 0.1) is 18.2 Å². The Hall–Kier alpha value is -2.64. The van der Waals surface area contributed by atoms with Crippen LogP contribution in [0, 0.1) is 23.5 Å². The lowest BCUT2D eigenvalue weighted by atomic mass is 9.90. The summed E-state index contributed by atoms with van der Waals surface area (Å²) in [5, 5.41) is 0. The fourth-order valence-corrected chi connectivity index (χ4v) is 2.97. The SMILES string of the molecule is CCOC(=O)N1Cc2ccccc2CC1c1c(F)c(F)nc(F)c1F. The molecular formula is C17H14F4N2O2. The third-order valence-corrected chi connectivity index (χ3v) is 4.12. The highest BCUT2D eigenvalue weighted by atomic mass is 19.2. The van der Waals surface area contributed by atoms with Gasteiger partial charge in [-0.15, -0.1) is 0 Å². The molecule has 4 nitrogen and oxygen atoms in total. The van der Waals surface area contributed by atoms with Crippen LogP contribution >= 0.6 is 0 Å². The molecule has 1 atom stereocenters. The first-order chi connectivity index (χ1) is 11.9. The number of rotatable bonds is 2. The summed E-state index contributed by atoms with van der Waals surface area (Å²) in [7, 11) is 0. The molecule has 0 aliphatic carbocycles. The van der Waals surface area contributed by atoms with Gasteiger partial charge < -0.3 is 4.74 Å². The highest BCUT2D eigenvalue weighted by Crippen LogP contribution is 2.36. The Morgan fingerprint density at radius 1 is 1.16 bits per heavy atom. The van der Waals surface area contributed by atoms with Crippen LogP contribution in [0.5, 0.6) is 0 Å². The number of hydrogen-bond donors (Lipinski definition) is 0. The summed E-state index contributed by atoms with van der Waals surface area (Å²) >= 11 is 0. The van der Waals surface area contributed by atoms with Crippen LogP contribution in [0.2, 0.25) is 0 Å². The van der Waals surface area contributed by atoms with Crippen molar-refractivity contribution in [3.8, 4) is 0 Å². The first kappa shape index (κ1) is 17.2. The molecule has 2 heterocycles. The minimum atomic E-state index is -1.75. The van der Waals surface area contributed by atoms with E-state index in [9.17, 15) is 22.4 Å². The molecule has 0 fully saturated rings. The zero-order chi connectivity index (χ0) is 18.1. The normalized spacial score (nSPS) is 16.5. The first-order valence-electron chi connectivity index (χ1n) is 7.64. The highest BCUT2D eigenvalue weighted by Gasteiger charge is 2.37. The fourth-order valence-electron chi connectivity index (χ4n) is 2.97. The molecule has 0 radical (unpaired) electrons. The van der Waals surface area contributed by atoms with Crippen LogP contribution in [0.4, 0.5) is 22.4 Å². The third kappa shape index (κ3) is 3.04. The van der Waals surface area contributed by atoms with Gasteiger partial charge in [-0.25, -0.2) is 13.6 Å². The molecular weight excluding hydrogens is 340 g/mol. The summed E-state index contributed by atoms with van der Waals surface area (Å²) in [6, 6.07) is 5.74. The lowest BCUT2D eigenvalue weighted by Gasteiger charge is -2.36. The monoisotopic (exact) mass is 354 g/mol. The number of halogens is 4. The molecule has 1 unspecified atom stereocenters. The Morgan fingerprint density at radius 3 is 2.36 bits per heavy atom. The summed E-state index contributed by atoms with van der Waals surface area (Å²) in [6.45, 7) is 1.63. The predicted octanol–water partition coefficient (Wildman–Crippen LogP) is 3.89. The smallest absolute Gasteiger partial charge is 0.410 e. The van der Waals surface area contributed by atoms with E-state index >= 15 is 0 Å². The number of pyridine rings is 1. The van der Waals surface area contributed by atoms with Crippen LogP contribution in [0.25, 0.3) is 0 Å². The molecule has 0 spiro atoms. The number of carbonyl (C=O) groups excluding carboxylic acids is 1. The standard InChI is InChI=1S/C17H14F4N2O2/c1-2-25-17(24)23-8-10-6-4-3-5-9(10)7-11(23)12-13(18)15(20)22-16(21)14(12)19/h3-6,11H,2,7-8H2,1H3. The van der Waals surface area contributed by atoms with Crippen molar-refractivity contribution in [3.05, 3.63) is 64.5 Å². The Morgan fingerprint density at radius 2 is 1.76 bits per heavy atom. The second kappa shape index (κ2) is 6.70. The molecule has 8 heteroatoms. The molecule has 0 bridgehead atoms. The van der Waals surface area contributed by atoms with Gasteiger partial charge in [-0.2, -0.15) is 13.8 Å². The summed E-state index contributed by atoms with van der Waals surface area (Å²) in [6.07, 6.45) is -0.829. The van der Waals surface area contributed by atoms with Gasteiger partial charge in [-0.1, -0.05) is 24.3 Å². The molecule has 1 aliphatic heterocycles. The van der Waals surface area contributed by atoms with E-state index in [2.05, 4.69) is 4.98 Å². The zero-order valence-corrected chi connectivity index (χ0v) is 13.2. The number of fused-ring (bicyclic) bond motifs is 1. The number of aromatic nitrogens is 1. The van der Waals surface area contributed by atoms with E-state index in [1.807, 2.05) is 0 Å². The van der Waals surface area contributed by atoms with Gasteiger partial charge in [0, 0.05) is 6.54 Å². The molecule has 1 aromatic carbocycles. The van der Waals surface area contributed by atoms with Crippen LogP contribution in [-0.4, -0.2) is 22.6 Å². The first-order valence-corrected chi connectivity index (χ1v) is 7.64.